The second-order valence-corrected chi connectivity index (χ2v) is 6.82. The van der Waals surface area contributed by atoms with Gasteiger partial charge >= 0.3 is 0 Å². The lowest BCUT2D eigenvalue weighted by molar-refractivity contribution is 0.373. The second kappa shape index (κ2) is 7.23. The van der Waals surface area contributed by atoms with Crippen LogP contribution in [0, 0.1) is 0 Å². The van der Waals surface area contributed by atoms with Gasteiger partial charge in [-0.25, -0.2) is 9.97 Å². The lowest BCUT2D eigenvalue weighted by Crippen LogP contribution is -2.19. The highest BCUT2D eigenvalue weighted by Crippen LogP contribution is 2.35. The molecule has 1 aromatic carbocycles. The number of benzene rings is 1. The van der Waals surface area contributed by atoms with E-state index in [2.05, 4.69) is 10.3 Å². The van der Waals surface area contributed by atoms with Crippen molar-refractivity contribution in [3.63, 3.8) is 0 Å². The number of methoxy groups -OCH3 is 1. The largest absolute Gasteiger partial charge is 0.504 e. The van der Waals surface area contributed by atoms with Crippen LogP contribution in [0.1, 0.15) is 38.5 Å². The number of aromatic hydroxyl groups is 1. The SMILES string of the molecule is COc1cc(-c2nc3ncccn3c2NC2CCCCCC2)ccc1O. The van der Waals surface area contributed by atoms with E-state index < -0.39 is 0 Å². The molecule has 26 heavy (non-hydrogen) atoms. The molecule has 1 aliphatic rings. The van der Waals surface area contributed by atoms with Gasteiger partial charge in [0, 0.05) is 24.0 Å². The van der Waals surface area contributed by atoms with Crippen molar-refractivity contribution in [2.45, 2.75) is 44.6 Å². The normalized spacial score (nSPS) is 15.7. The van der Waals surface area contributed by atoms with Crippen LogP contribution in [0.2, 0.25) is 0 Å². The van der Waals surface area contributed by atoms with E-state index >= 15 is 0 Å². The highest BCUT2D eigenvalue weighted by atomic mass is 16.5. The van der Waals surface area contributed by atoms with Gasteiger partial charge in [0.05, 0.1) is 7.11 Å². The van der Waals surface area contributed by atoms with Crippen LogP contribution in [-0.4, -0.2) is 32.6 Å². The number of fused-ring (bicyclic) bond motifs is 1. The maximum absolute atomic E-state index is 9.90. The molecule has 0 aliphatic heterocycles. The minimum absolute atomic E-state index is 0.122. The molecule has 1 aliphatic carbocycles. The monoisotopic (exact) mass is 352 g/mol. The predicted molar refractivity (Wildman–Crippen MR) is 102 cm³/mol. The molecular weight excluding hydrogens is 328 g/mol. The van der Waals surface area contributed by atoms with E-state index in [0.717, 1.165) is 17.1 Å². The van der Waals surface area contributed by atoms with Crippen molar-refractivity contribution in [3.05, 3.63) is 36.7 Å². The van der Waals surface area contributed by atoms with Gasteiger partial charge in [0.25, 0.3) is 0 Å². The number of hydrogen-bond acceptors (Lipinski definition) is 5. The topological polar surface area (TPSA) is 71.7 Å². The highest BCUT2D eigenvalue weighted by Gasteiger charge is 2.20. The van der Waals surface area contributed by atoms with E-state index in [0.29, 0.717) is 17.6 Å². The quantitative estimate of drug-likeness (QED) is 0.687. The fourth-order valence-corrected chi connectivity index (χ4v) is 3.67. The van der Waals surface area contributed by atoms with Crippen LogP contribution in [0.25, 0.3) is 17.0 Å². The summed E-state index contributed by atoms with van der Waals surface area (Å²) in [6.45, 7) is 0. The Labute approximate surface area is 152 Å². The summed E-state index contributed by atoms with van der Waals surface area (Å²) in [6, 6.07) is 7.66. The van der Waals surface area contributed by atoms with Gasteiger partial charge in [-0.3, -0.25) is 4.40 Å². The van der Waals surface area contributed by atoms with Gasteiger partial charge in [0.2, 0.25) is 5.78 Å². The molecule has 6 heteroatoms. The summed E-state index contributed by atoms with van der Waals surface area (Å²) in [5.41, 5.74) is 1.72. The van der Waals surface area contributed by atoms with Crippen LogP contribution in [0.4, 0.5) is 5.82 Å². The van der Waals surface area contributed by atoms with Gasteiger partial charge in [0.1, 0.15) is 11.5 Å². The molecule has 0 unspecified atom stereocenters. The van der Waals surface area contributed by atoms with E-state index in [1.165, 1.54) is 38.5 Å². The molecule has 2 N–H and O–H groups in total. The number of anilines is 1. The molecule has 2 aromatic heterocycles. The van der Waals surface area contributed by atoms with Crippen molar-refractivity contribution in [2.24, 2.45) is 0 Å². The number of nitrogens with zero attached hydrogens (tertiary/aromatic N) is 3. The average Bonchev–Trinajstić information content (AvgIpc) is 2.84. The van der Waals surface area contributed by atoms with E-state index in [-0.39, 0.29) is 5.75 Å². The number of imidazole rings is 1. The zero-order valence-electron chi connectivity index (χ0n) is 15.0. The third kappa shape index (κ3) is 3.19. The third-order valence-corrected chi connectivity index (χ3v) is 5.05. The Morgan fingerprint density at radius 1 is 1.19 bits per heavy atom. The van der Waals surface area contributed by atoms with Crippen LogP contribution < -0.4 is 10.1 Å². The summed E-state index contributed by atoms with van der Waals surface area (Å²) in [5, 5.41) is 13.6. The number of phenolic OH excluding ortho intramolecular Hbond substituents is 1. The first kappa shape index (κ1) is 16.7. The standard InChI is InChI=1S/C20H24N4O2/c1-26-17-13-14(9-10-16(17)25)18-19(22-15-7-4-2-3-5-8-15)24-12-6-11-21-20(24)23-18/h6,9-13,15,22,25H,2-5,7-8H2,1H3. The van der Waals surface area contributed by atoms with E-state index in [4.69, 9.17) is 9.72 Å². The summed E-state index contributed by atoms with van der Waals surface area (Å²) in [7, 11) is 1.55. The van der Waals surface area contributed by atoms with Crippen LogP contribution in [0.15, 0.2) is 36.7 Å². The fourth-order valence-electron chi connectivity index (χ4n) is 3.67. The summed E-state index contributed by atoms with van der Waals surface area (Å²) in [6.07, 6.45) is 11.2. The average molecular weight is 352 g/mol. The van der Waals surface area contributed by atoms with Gasteiger partial charge in [-0.15, -0.1) is 0 Å². The first-order chi connectivity index (χ1) is 12.8. The van der Waals surface area contributed by atoms with E-state index in [9.17, 15) is 5.11 Å². The molecule has 0 spiro atoms. The zero-order valence-corrected chi connectivity index (χ0v) is 15.0. The smallest absolute Gasteiger partial charge is 0.235 e. The second-order valence-electron chi connectivity index (χ2n) is 6.82. The minimum atomic E-state index is 0.122. The molecular formula is C20H24N4O2. The Hall–Kier alpha value is -2.76. The molecule has 0 radical (unpaired) electrons. The van der Waals surface area contributed by atoms with Crippen LogP contribution >= 0.6 is 0 Å². The minimum Gasteiger partial charge on any atom is -0.504 e. The number of rotatable bonds is 4. The number of nitrogens with one attached hydrogen (secondary N) is 1. The zero-order chi connectivity index (χ0) is 17.9. The fraction of sp³-hybridized carbons (Fsp3) is 0.400. The van der Waals surface area contributed by atoms with E-state index in [1.54, 1.807) is 19.4 Å². The number of hydrogen-bond donors (Lipinski definition) is 2. The summed E-state index contributed by atoms with van der Waals surface area (Å²) < 4.78 is 7.27. The van der Waals surface area contributed by atoms with Crippen molar-refractivity contribution in [2.75, 3.05) is 12.4 Å². The highest BCUT2D eigenvalue weighted by molar-refractivity contribution is 5.77. The maximum atomic E-state index is 9.90. The van der Waals surface area contributed by atoms with Crippen LogP contribution in [0.5, 0.6) is 11.5 Å². The first-order valence-electron chi connectivity index (χ1n) is 9.23. The third-order valence-electron chi connectivity index (χ3n) is 5.05. The predicted octanol–water partition coefficient (Wildman–Crippen LogP) is 4.25. The molecule has 3 aromatic rings. The van der Waals surface area contributed by atoms with Crippen LogP contribution in [0.3, 0.4) is 0 Å². The Morgan fingerprint density at radius 2 is 2.00 bits per heavy atom. The van der Waals surface area contributed by atoms with Crippen molar-refractivity contribution in [1.29, 1.82) is 0 Å². The molecule has 136 valence electrons. The van der Waals surface area contributed by atoms with Crippen molar-refractivity contribution in [3.8, 4) is 22.8 Å². The number of ether oxygens (including phenoxy) is 1. The molecule has 4 rings (SSSR count). The number of aromatic nitrogens is 3. The lowest BCUT2D eigenvalue weighted by atomic mass is 10.1. The molecule has 0 atom stereocenters. The van der Waals surface area contributed by atoms with E-state index in [1.807, 2.05) is 28.8 Å². The first-order valence-corrected chi connectivity index (χ1v) is 9.23. The molecule has 2 heterocycles. The van der Waals surface area contributed by atoms with Crippen molar-refractivity contribution >= 4 is 11.6 Å². The van der Waals surface area contributed by atoms with Crippen molar-refractivity contribution in [1.82, 2.24) is 14.4 Å². The van der Waals surface area contributed by atoms with Gasteiger partial charge in [-0.1, -0.05) is 25.7 Å². The summed E-state index contributed by atoms with van der Waals surface area (Å²) >= 11 is 0. The molecule has 6 nitrogen and oxygen atoms in total. The lowest BCUT2D eigenvalue weighted by Gasteiger charge is -2.18. The Bertz CT molecular complexity index is 898. The van der Waals surface area contributed by atoms with Crippen molar-refractivity contribution < 1.29 is 9.84 Å². The molecule has 0 bridgehead atoms. The molecule has 0 amide bonds. The van der Waals surface area contributed by atoms with Gasteiger partial charge in [-0.05, 0) is 37.1 Å². The van der Waals surface area contributed by atoms with Gasteiger partial charge in [-0.2, -0.15) is 0 Å². The number of phenols is 1. The molecule has 1 saturated carbocycles. The summed E-state index contributed by atoms with van der Waals surface area (Å²) in [5.74, 6) is 2.17. The maximum Gasteiger partial charge on any atom is 0.235 e. The Morgan fingerprint density at radius 3 is 2.77 bits per heavy atom. The summed E-state index contributed by atoms with van der Waals surface area (Å²) in [4.78, 5) is 9.12. The van der Waals surface area contributed by atoms with Gasteiger partial charge in [0.15, 0.2) is 11.5 Å². The Balaban J connectivity index is 1.78. The van der Waals surface area contributed by atoms with Crippen LogP contribution in [-0.2, 0) is 0 Å². The molecule has 1 fully saturated rings. The molecule has 0 saturated heterocycles. The Kier molecular flexibility index (Phi) is 4.65. The van der Waals surface area contributed by atoms with Gasteiger partial charge < -0.3 is 15.2 Å².